The Balaban J connectivity index is 2.17. The quantitative estimate of drug-likeness (QED) is 0.890. The lowest BCUT2D eigenvalue weighted by Gasteiger charge is -2.13. The lowest BCUT2D eigenvalue weighted by atomic mass is 10.0. The molecule has 1 amide bonds. The third-order valence-electron chi connectivity index (χ3n) is 3.60. The summed E-state index contributed by atoms with van der Waals surface area (Å²) in [4.78, 5) is 16.5. The monoisotopic (exact) mass is 256 g/mol. The first kappa shape index (κ1) is 13.5. The van der Waals surface area contributed by atoms with Gasteiger partial charge < -0.3 is 5.32 Å². The fourth-order valence-electron chi connectivity index (χ4n) is 2.20. The molecule has 0 aliphatic rings. The largest absolute Gasteiger partial charge is 0.352 e. The average Bonchev–Trinajstić information content (AvgIpc) is 2.47. The van der Waals surface area contributed by atoms with E-state index in [2.05, 4.69) is 24.1 Å². The maximum absolute atomic E-state index is 12.3. The van der Waals surface area contributed by atoms with Gasteiger partial charge in [-0.15, -0.1) is 0 Å². The van der Waals surface area contributed by atoms with Crippen LogP contribution in [0.3, 0.4) is 0 Å². The van der Waals surface area contributed by atoms with Gasteiger partial charge in [-0.3, -0.25) is 9.78 Å². The Bertz CT molecular complexity index is 556. The zero-order valence-corrected chi connectivity index (χ0v) is 11.5. The molecule has 0 spiro atoms. The number of benzene rings is 1. The third kappa shape index (κ3) is 3.11. The molecule has 3 heteroatoms. The van der Waals surface area contributed by atoms with E-state index in [0.29, 0.717) is 11.5 Å². The number of amides is 1. The second-order valence-corrected chi connectivity index (χ2v) is 4.77. The van der Waals surface area contributed by atoms with Crippen molar-refractivity contribution in [2.45, 2.75) is 26.7 Å². The van der Waals surface area contributed by atoms with Crippen molar-refractivity contribution in [3.63, 3.8) is 0 Å². The highest BCUT2D eigenvalue weighted by atomic mass is 16.1. The van der Waals surface area contributed by atoms with Crippen LogP contribution in [0.4, 0.5) is 0 Å². The Labute approximate surface area is 114 Å². The minimum atomic E-state index is -0.00880. The number of carbonyl (C=O) groups is 1. The number of nitrogens with one attached hydrogen (secondary N) is 1. The van der Waals surface area contributed by atoms with Crippen molar-refractivity contribution < 1.29 is 4.79 Å². The van der Waals surface area contributed by atoms with E-state index in [4.69, 9.17) is 0 Å². The van der Waals surface area contributed by atoms with Crippen LogP contribution in [0.5, 0.6) is 0 Å². The summed E-state index contributed by atoms with van der Waals surface area (Å²) in [5.74, 6) is 0.544. The molecule has 3 nitrogen and oxygen atoms in total. The lowest BCUT2D eigenvalue weighted by molar-refractivity contribution is 0.0948. The number of hydrogen-bond donors (Lipinski definition) is 1. The first-order valence-electron chi connectivity index (χ1n) is 6.88. The van der Waals surface area contributed by atoms with Crippen molar-refractivity contribution in [1.29, 1.82) is 0 Å². The number of nitrogens with zero attached hydrogens (tertiary/aromatic N) is 1. The van der Waals surface area contributed by atoms with Gasteiger partial charge in [-0.25, -0.2) is 0 Å². The SMILES string of the molecule is CCC(CC)CNC(=O)c1ccnc2ccccc12. The fraction of sp³-hybridized carbons (Fsp3) is 0.375. The maximum atomic E-state index is 12.3. The van der Waals surface area contributed by atoms with E-state index >= 15 is 0 Å². The third-order valence-corrected chi connectivity index (χ3v) is 3.60. The molecule has 1 aromatic heterocycles. The molecular formula is C16H20N2O. The molecule has 0 saturated heterocycles. The Morgan fingerprint density at radius 3 is 2.68 bits per heavy atom. The molecule has 0 bridgehead atoms. The molecule has 1 aromatic carbocycles. The molecule has 0 aliphatic heterocycles. The van der Waals surface area contributed by atoms with E-state index in [1.807, 2.05) is 24.3 Å². The number of pyridine rings is 1. The number of fused-ring (bicyclic) bond motifs is 1. The highest BCUT2D eigenvalue weighted by Crippen LogP contribution is 2.16. The van der Waals surface area contributed by atoms with Gasteiger partial charge in [0.1, 0.15) is 0 Å². The van der Waals surface area contributed by atoms with Crippen molar-refractivity contribution in [3.05, 3.63) is 42.1 Å². The van der Waals surface area contributed by atoms with Crippen LogP contribution in [0, 0.1) is 5.92 Å². The van der Waals surface area contributed by atoms with E-state index in [-0.39, 0.29) is 5.91 Å². The summed E-state index contributed by atoms with van der Waals surface area (Å²) in [6.07, 6.45) is 3.87. The van der Waals surface area contributed by atoms with Gasteiger partial charge in [0, 0.05) is 18.1 Å². The summed E-state index contributed by atoms with van der Waals surface area (Å²) in [6.45, 7) is 5.05. The topological polar surface area (TPSA) is 42.0 Å². The molecule has 2 aromatic rings. The van der Waals surface area contributed by atoms with E-state index in [0.717, 1.165) is 30.3 Å². The Hall–Kier alpha value is -1.90. The Morgan fingerprint density at radius 2 is 1.95 bits per heavy atom. The molecule has 19 heavy (non-hydrogen) atoms. The normalized spacial score (nSPS) is 10.9. The van der Waals surface area contributed by atoms with Crippen LogP contribution in [0.1, 0.15) is 37.0 Å². The maximum Gasteiger partial charge on any atom is 0.252 e. The van der Waals surface area contributed by atoms with Gasteiger partial charge >= 0.3 is 0 Å². The van der Waals surface area contributed by atoms with Gasteiger partial charge in [-0.1, -0.05) is 44.9 Å². The summed E-state index contributed by atoms with van der Waals surface area (Å²) < 4.78 is 0. The molecule has 0 fully saturated rings. The van der Waals surface area contributed by atoms with Gasteiger partial charge in [-0.2, -0.15) is 0 Å². The van der Waals surface area contributed by atoms with Gasteiger partial charge in [0.15, 0.2) is 0 Å². The number of rotatable bonds is 5. The number of hydrogen-bond acceptors (Lipinski definition) is 2. The summed E-state index contributed by atoms with van der Waals surface area (Å²) in [7, 11) is 0. The molecule has 0 aliphatic carbocycles. The van der Waals surface area contributed by atoms with E-state index < -0.39 is 0 Å². The highest BCUT2D eigenvalue weighted by Gasteiger charge is 2.11. The molecule has 0 atom stereocenters. The lowest BCUT2D eigenvalue weighted by Crippen LogP contribution is -2.29. The molecular weight excluding hydrogens is 236 g/mol. The van der Waals surface area contributed by atoms with E-state index in [1.54, 1.807) is 12.3 Å². The van der Waals surface area contributed by atoms with Crippen molar-refractivity contribution in [2.75, 3.05) is 6.54 Å². The fourth-order valence-corrected chi connectivity index (χ4v) is 2.20. The Morgan fingerprint density at radius 1 is 1.21 bits per heavy atom. The number of carbonyl (C=O) groups excluding carboxylic acids is 1. The number of para-hydroxylation sites is 1. The van der Waals surface area contributed by atoms with Crippen molar-refractivity contribution in [1.82, 2.24) is 10.3 Å². The zero-order valence-electron chi connectivity index (χ0n) is 11.5. The minimum absolute atomic E-state index is 0.00880. The van der Waals surface area contributed by atoms with E-state index in [1.165, 1.54) is 0 Å². The van der Waals surface area contributed by atoms with Crippen molar-refractivity contribution in [3.8, 4) is 0 Å². The van der Waals surface area contributed by atoms with Crippen molar-refractivity contribution >= 4 is 16.8 Å². The zero-order chi connectivity index (χ0) is 13.7. The van der Waals surface area contributed by atoms with Crippen LogP contribution in [0.25, 0.3) is 10.9 Å². The summed E-state index contributed by atoms with van der Waals surface area (Å²) in [5.41, 5.74) is 1.56. The smallest absolute Gasteiger partial charge is 0.252 e. The van der Waals surface area contributed by atoms with Gasteiger partial charge in [-0.05, 0) is 18.1 Å². The first-order valence-corrected chi connectivity index (χ1v) is 6.88. The van der Waals surface area contributed by atoms with Gasteiger partial charge in [0.25, 0.3) is 5.91 Å². The predicted molar refractivity (Wildman–Crippen MR) is 78.1 cm³/mol. The average molecular weight is 256 g/mol. The Kier molecular flexibility index (Phi) is 4.50. The molecule has 100 valence electrons. The highest BCUT2D eigenvalue weighted by molar-refractivity contribution is 6.05. The molecule has 1 heterocycles. The second-order valence-electron chi connectivity index (χ2n) is 4.77. The van der Waals surface area contributed by atoms with Crippen molar-refractivity contribution in [2.24, 2.45) is 5.92 Å². The van der Waals surface area contributed by atoms with Crippen LogP contribution in [0.2, 0.25) is 0 Å². The van der Waals surface area contributed by atoms with Crippen LogP contribution >= 0.6 is 0 Å². The molecule has 2 rings (SSSR count). The van der Waals surface area contributed by atoms with Gasteiger partial charge in [0.2, 0.25) is 0 Å². The molecule has 1 N–H and O–H groups in total. The molecule has 0 radical (unpaired) electrons. The standard InChI is InChI=1S/C16H20N2O/c1-3-12(4-2)11-18-16(19)14-9-10-17-15-8-6-5-7-13(14)15/h5-10,12H,3-4,11H2,1-2H3,(H,18,19). The molecule has 0 saturated carbocycles. The van der Waals surface area contributed by atoms with Gasteiger partial charge in [0.05, 0.1) is 11.1 Å². The van der Waals surface area contributed by atoms with Crippen LogP contribution in [-0.4, -0.2) is 17.4 Å². The predicted octanol–water partition coefficient (Wildman–Crippen LogP) is 3.40. The van der Waals surface area contributed by atoms with Crippen LogP contribution in [-0.2, 0) is 0 Å². The molecule has 0 unspecified atom stereocenters. The summed E-state index contributed by atoms with van der Waals surface area (Å²) in [6, 6.07) is 9.51. The second kappa shape index (κ2) is 6.32. The minimum Gasteiger partial charge on any atom is -0.352 e. The van der Waals surface area contributed by atoms with Crippen LogP contribution in [0.15, 0.2) is 36.5 Å². The summed E-state index contributed by atoms with van der Waals surface area (Å²) >= 11 is 0. The summed E-state index contributed by atoms with van der Waals surface area (Å²) in [5, 5.41) is 3.94. The first-order chi connectivity index (χ1) is 9.26. The van der Waals surface area contributed by atoms with E-state index in [9.17, 15) is 4.79 Å². The van der Waals surface area contributed by atoms with Crippen LogP contribution < -0.4 is 5.32 Å². The number of aromatic nitrogens is 1.